The van der Waals surface area contributed by atoms with Gasteiger partial charge in [-0.25, -0.2) is 14.9 Å². The number of aromatic nitrogens is 4. The summed E-state index contributed by atoms with van der Waals surface area (Å²) in [7, 11) is 3.01. The van der Waals surface area contributed by atoms with Crippen molar-refractivity contribution in [2.75, 3.05) is 38.8 Å². The first kappa shape index (κ1) is 32.2. The first-order chi connectivity index (χ1) is 19.7. The first-order valence-corrected chi connectivity index (χ1v) is 16.4. The van der Waals surface area contributed by atoms with Gasteiger partial charge in [0, 0.05) is 19.3 Å². The number of anilines is 1. The van der Waals surface area contributed by atoms with Crippen LogP contribution in [0.25, 0.3) is 11.2 Å². The number of urea groups is 1. The smallest absolute Gasteiger partial charge is 0.327 e. The molecule has 3 unspecified atom stereocenters. The molecule has 234 valence electrons. The minimum absolute atomic E-state index is 0.0990. The Hall–Kier alpha value is -2.73. The number of nitrogens with zero attached hydrogens (tertiary/aromatic N) is 5. The molecule has 0 aromatic carbocycles. The summed E-state index contributed by atoms with van der Waals surface area (Å²) in [4.78, 5) is 38.2. The van der Waals surface area contributed by atoms with Crippen LogP contribution in [-0.2, 0) is 23.4 Å². The summed E-state index contributed by atoms with van der Waals surface area (Å²) < 4.78 is 37.7. The van der Waals surface area contributed by atoms with Crippen molar-refractivity contribution in [3.05, 3.63) is 6.33 Å². The number of imidazole rings is 1. The number of carbonyl (C=O) groups excluding carboxylic acids is 2. The highest BCUT2D eigenvalue weighted by Gasteiger charge is 2.54. The maximum atomic E-state index is 14.0. The van der Waals surface area contributed by atoms with Crippen LogP contribution in [0.2, 0.25) is 0 Å². The lowest BCUT2D eigenvalue weighted by molar-refractivity contribution is -0.149. The zero-order valence-electron chi connectivity index (χ0n) is 24.1. The number of nitrogens with one attached hydrogen (secondary N) is 2. The minimum Gasteiger partial charge on any atom is -0.479 e. The molecule has 0 bridgehead atoms. The largest absolute Gasteiger partial charge is 0.479 e. The molecule has 2 saturated heterocycles. The van der Waals surface area contributed by atoms with Crippen molar-refractivity contribution >= 4 is 47.2 Å². The molecule has 2 amide bonds. The van der Waals surface area contributed by atoms with Gasteiger partial charge in [-0.05, 0) is 27.7 Å². The zero-order valence-corrected chi connectivity index (χ0v) is 25.8. The number of hydrogen-bond acceptors (Lipinski definition) is 14. The number of rotatable bonds is 12. The Labute approximate surface area is 246 Å². The lowest BCUT2D eigenvalue weighted by Crippen LogP contribution is -2.44. The van der Waals surface area contributed by atoms with Gasteiger partial charge in [-0.15, -0.1) is 0 Å². The van der Waals surface area contributed by atoms with Gasteiger partial charge < -0.3 is 44.9 Å². The van der Waals surface area contributed by atoms with Crippen LogP contribution in [0.5, 0.6) is 5.88 Å². The molecule has 2 fully saturated rings. The molecule has 0 spiro atoms. The molecular weight excluding hydrogens is 595 g/mol. The highest BCUT2D eigenvalue weighted by atomic mass is 32.7. The monoisotopic (exact) mass is 632 g/mol. The highest BCUT2D eigenvalue weighted by Crippen LogP contribution is 2.57. The fraction of sp³-hybridized carbons (Fsp3) is 0.696. The molecular formula is C23H37N8O9PS. The van der Waals surface area contributed by atoms with Crippen LogP contribution in [-0.4, -0.2) is 116 Å². The van der Waals surface area contributed by atoms with Gasteiger partial charge in [-0.3, -0.25) is 13.9 Å². The van der Waals surface area contributed by atoms with Crippen LogP contribution in [0.4, 0.5) is 10.7 Å². The molecule has 19 heteroatoms. The van der Waals surface area contributed by atoms with Gasteiger partial charge >= 0.3 is 18.7 Å². The summed E-state index contributed by atoms with van der Waals surface area (Å²) >= 11 is 0.903. The van der Waals surface area contributed by atoms with Gasteiger partial charge in [-0.2, -0.15) is 9.97 Å². The molecule has 0 saturated carbocycles. The van der Waals surface area contributed by atoms with Gasteiger partial charge in [0.25, 0.3) is 0 Å². The quantitative estimate of drug-likeness (QED) is 0.156. The van der Waals surface area contributed by atoms with E-state index >= 15 is 0 Å². The van der Waals surface area contributed by atoms with E-state index in [-0.39, 0.29) is 46.9 Å². The Morgan fingerprint density at radius 1 is 1.40 bits per heavy atom. The third-order valence-electron chi connectivity index (χ3n) is 6.87. The predicted molar refractivity (Wildman–Crippen MR) is 152 cm³/mol. The van der Waals surface area contributed by atoms with E-state index < -0.39 is 49.4 Å². The van der Waals surface area contributed by atoms with Crippen LogP contribution >= 0.6 is 18.1 Å². The van der Waals surface area contributed by atoms with Gasteiger partial charge in [0.05, 0.1) is 32.2 Å². The molecule has 2 aromatic rings. The summed E-state index contributed by atoms with van der Waals surface area (Å²) in [5, 5.41) is 27.7. The molecule has 6 N–H and O–H groups in total. The topological polar surface area (TPSA) is 226 Å². The lowest BCUT2D eigenvalue weighted by atomic mass is 9.96. The number of nitrogen functional groups attached to an aromatic ring is 1. The molecule has 42 heavy (non-hydrogen) atoms. The Morgan fingerprint density at radius 2 is 2.12 bits per heavy atom. The summed E-state index contributed by atoms with van der Waals surface area (Å²) in [6, 6.07) is -1.54. The van der Waals surface area contributed by atoms with Crippen LogP contribution in [0.1, 0.15) is 33.9 Å². The number of carbonyl (C=O) groups is 2. The maximum absolute atomic E-state index is 14.0. The maximum Gasteiger partial charge on any atom is 0.327 e. The van der Waals surface area contributed by atoms with Crippen LogP contribution in [0.15, 0.2) is 6.33 Å². The summed E-state index contributed by atoms with van der Waals surface area (Å²) in [5.41, 5.74) is 4.40. The number of aliphatic hydroxyl groups excluding tert-OH is 1. The van der Waals surface area contributed by atoms with Crippen LogP contribution in [0.3, 0.4) is 0 Å². The fourth-order valence-electron chi connectivity index (χ4n) is 4.49. The van der Waals surface area contributed by atoms with Crippen LogP contribution in [0, 0.1) is 0 Å². The molecule has 2 aliphatic heterocycles. The number of amides is 2. The Kier molecular flexibility index (Phi) is 9.56. The molecule has 0 radical (unpaired) electrons. The van der Waals surface area contributed by atoms with Crippen molar-refractivity contribution in [3.8, 4) is 5.88 Å². The first-order valence-electron chi connectivity index (χ1n) is 13.1. The van der Waals surface area contributed by atoms with Gasteiger partial charge in [0.15, 0.2) is 17.4 Å². The van der Waals surface area contributed by atoms with Gasteiger partial charge in [0.2, 0.25) is 11.8 Å². The average molecular weight is 633 g/mol. The second-order valence-corrected chi connectivity index (χ2v) is 14.8. The number of hydrogen-bond donors (Lipinski definition) is 5. The normalized spacial score (nSPS) is 28.2. The van der Waals surface area contributed by atoms with Crippen molar-refractivity contribution in [1.29, 1.82) is 0 Å². The van der Waals surface area contributed by atoms with Crippen molar-refractivity contribution in [3.63, 3.8) is 0 Å². The second-order valence-electron chi connectivity index (χ2n) is 10.5. The van der Waals surface area contributed by atoms with E-state index in [4.69, 9.17) is 24.5 Å². The van der Waals surface area contributed by atoms with Crippen molar-refractivity contribution in [2.24, 2.45) is 0 Å². The standard InChI is InChI=1S/C23H37N8O9PS/c1-11(2)39-19(33)12(3)29-41(36,42-9-13-7-25-22(34)30(13)5)38-8-14-16(32)23(4,35)20(40-14)31-10-26-15-17(31)27-21(24)28-18(15)37-6/h10-14,16,20,32,35H,7-9H2,1-6H3,(H,25,34)(H,29,36)(H2,24,27,28)/t12-,13?,14?,16-,20?,23-,41-/m1/s1. The summed E-state index contributed by atoms with van der Waals surface area (Å²) in [6.45, 7) is 2.28. The number of likely N-dealkylation sites (N-methyl/N-ethyl adjacent to an activating group) is 1. The number of ether oxygens (including phenoxy) is 3. The predicted octanol–water partition coefficient (Wildman–Crippen LogP) is 0.238. The van der Waals surface area contributed by atoms with Crippen molar-refractivity contribution in [2.45, 2.75) is 69.9 Å². The van der Waals surface area contributed by atoms with E-state index in [2.05, 4.69) is 25.4 Å². The SMILES string of the molecule is COc1nc(N)nc2c1ncn2C1OC(CO[P@](=O)(N[C@H](C)C(=O)OC(C)C)SCC2CNC(=O)N2C)[C@@H](O)[C@@]1(C)O. The molecule has 0 aliphatic carbocycles. The van der Waals surface area contributed by atoms with Crippen LogP contribution < -0.4 is 20.9 Å². The summed E-state index contributed by atoms with van der Waals surface area (Å²) in [6.07, 6.45) is -2.90. The second kappa shape index (κ2) is 12.5. The van der Waals surface area contributed by atoms with E-state index in [1.54, 1.807) is 20.9 Å². The van der Waals surface area contributed by atoms with Gasteiger partial charge in [0.1, 0.15) is 23.9 Å². The molecule has 7 atom stereocenters. The Balaban J connectivity index is 1.53. The van der Waals surface area contributed by atoms with E-state index in [0.29, 0.717) is 6.54 Å². The molecule has 4 rings (SSSR count). The Morgan fingerprint density at radius 3 is 2.74 bits per heavy atom. The van der Waals surface area contributed by atoms with Crippen molar-refractivity contribution < 1.29 is 43.1 Å². The Bertz CT molecular complexity index is 1360. The number of methoxy groups -OCH3 is 1. The molecule has 2 aromatic heterocycles. The third kappa shape index (κ3) is 6.59. The zero-order chi connectivity index (χ0) is 31.0. The molecule has 2 aliphatic rings. The third-order valence-corrected chi connectivity index (χ3v) is 11.0. The number of esters is 1. The van der Waals surface area contributed by atoms with E-state index in [9.17, 15) is 24.4 Å². The number of nitrogens with two attached hydrogens (primary N) is 1. The lowest BCUT2D eigenvalue weighted by Gasteiger charge is -2.27. The fourth-order valence-corrected chi connectivity index (χ4v) is 8.56. The molecule has 4 heterocycles. The number of fused-ring (bicyclic) bond motifs is 1. The van der Waals surface area contributed by atoms with Crippen molar-refractivity contribution in [1.82, 2.24) is 34.8 Å². The highest BCUT2D eigenvalue weighted by molar-refractivity contribution is 8.56. The van der Waals surface area contributed by atoms with E-state index in [0.717, 1.165) is 11.4 Å². The average Bonchev–Trinajstić information content (AvgIpc) is 3.54. The number of aliphatic hydroxyl groups is 2. The van der Waals surface area contributed by atoms with E-state index in [1.807, 2.05) is 0 Å². The minimum atomic E-state index is -3.87. The van der Waals surface area contributed by atoms with E-state index in [1.165, 1.54) is 36.8 Å². The molecule has 17 nitrogen and oxygen atoms in total. The van der Waals surface area contributed by atoms with Gasteiger partial charge in [-0.1, -0.05) is 11.4 Å². The summed E-state index contributed by atoms with van der Waals surface area (Å²) in [5.74, 6) is -0.399.